The van der Waals surface area contributed by atoms with Crippen LogP contribution in [0.3, 0.4) is 0 Å². The number of rotatable bonds is 39. The first-order valence-corrected chi connectivity index (χ1v) is 34.2. The van der Waals surface area contributed by atoms with Gasteiger partial charge in [-0.1, -0.05) is 121 Å². The first kappa shape index (κ1) is 78.0. The zero-order valence-electron chi connectivity index (χ0n) is 57.5. The number of halogens is 6. The van der Waals surface area contributed by atoms with E-state index in [2.05, 4.69) is 16.0 Å². The third-order valence-electron chi connectivity index (χ3n) is 18.1. The number of nitrogens with zero attached hydrogens (tertiary/aromatic N) is 2. The molecular weight excluding hydrogens is 1250 g/mol. The molecule has 3 heterocycles. The Bertz CT molecular complexity index is 3460. The number of benzene rings is 3. The number of unbranched alkanes of at least 4 members (excludes halogenated alkanes) is 7. The quantitative estimate of drug-likeness (QED) is 0.00800. The third-order valence-corrected chi connectivity index (χ3v) is 18.1. The van der Waals surface area contributed by atoms with Crippen LogP contribution < -0.4 is 30.8 Å². The Hall–Kier alpha value is -7.01. The summed E-state index contributed by atoms with van der Waals surface area (Å²) in [7, 11) is 0. The van der Waals surface area contributed by atoms with Crippen LogP contribution in [0.4, 0.5) is 32.0 Å². The highest BCUT2D eigenvalue weighted by atomic mass is 19.3. The largest absolute Gasteiger partial charge is 0.478 e. The molecule has 0 aromatic heterocycles. The maximum atomic E-state index is 15.9. The van der Waals surface area contributed by atoms with Crippen molar-refractivity contribution in [3.63, 3.8) is 0 Å². The van der Waals surface area contributed by atoms with E-state index in [1.165, 1.54) is 30.3 Å². The summed E-state index contributed by atoms with van der Waals surface area (Å²) in [6, 6.07) is 5.82. The Kier molecular flexibility index (Phi) is 28.0. The fourth-order valence-electron chi connectivity index (χ4n) is 12.8. The Morgan fingerprint density at radius 2 is 1.16 bits per heavy atom. The van der Waals surface area contributed by atoms with Gasteiger partial charge in [0.05, 0.1) is 60.7 Å². The van der Waals surface area contributed by atoms with E-state index in [9.17, 15) is 71.2 Å². The van der Waals surface area contributed by atoms with Gasteiger partial charge in [-0.05, 0) is 85.1 Å². The van der Waals surface area contributed by atoms with Crippen LogP contribution in [0, 0.1) is 53.1 Å². The van der Waals surface area contributed by atoms with Gasteiger partial charge >= 0.3 is 11.9 Å². The van der Waals surface area contributed by atoms with Gasteiger partial charge in [0.2, 0.25) is 36.2 Å². The Balaban J connectivity index is 0.953. The second kappa shape index (κ2) is 34.5. The van der Waals surface area contributed by atoms with Crippen molar-refractivity contribution in [2.24, 2.45) is 41.4 Å². The second-order valence-electron chi connectivity index (χ2n) is 28.9. The molecule has 1 unspecified atom stereocenters. The zero-order chi connectivity index (χ0) is 71.3. The van der Waals surface area contributed by atoms with E-state index in [0.717, 1.165) is 53.7 Å². The van der Waals surface area contributed by atoms with Gasteiger partial charge in [-0.25, -0.2) is 22.5 Å². The van der Waals surface area contributed by atoms with Gasteiger partial charge in [-0.3, -0.25) is 33.6 Å². The van der Waals surface area contributed by atoms with Crippen molar-refractivity contribution in [1.82, 2.24) is 20.5 Å². The van der Waals surface area contributed by atoms with Crippen LogP contribution in [-0.4, -0.2) is 131 Å². The molecule has 2 aromatic rings. The predicted molar refractivity (Wildman–Crippen MR) is 355 cm³/mol. The number of fused-ring (bicyclic) bond motifs is 2. The Morgan fingerprint density at radius 3 is 1.69 bits per heavy atom. The lowest BCUT2D eigenvalue weighted by molar-refractivity contribution is -0.135. The Labute approximate surface area is 559 Å². The molecule has 2 aromatic carbocycles. The summed E-state index contributed by atoms with van der Waals surface area (Å²) in [4.78, 5) is 108. The first-order chi connectivity index (χ1) is 44.9. The molecule has 6 rings (SSSR count). The number of carbonyl (C=O) groups excluding carboxylic acids is 7. The van der Waals surface area contributed by atoms with E-state index in [4.69, 9.17) is 4.42 Å². The molecule has 3 amide bonds. The van der Waals surface area contributed by atoms with Crippen molar-refractivity contribution >= 4 is 63.5 Å². The van der Waals surface area contributed by atoms with Crippen molar-refractivity contribution in [1.29, 1.82) is 0 Å². The van der Waals surface area contributed by atoms with Crippen LogP contribution in [-0.2, 0) is 28.8 Å². The molecule has 17 nitrogen and oxygen atoms in total. The maximum Gasteiger partial charge on any atom is 0.361 e. The van der Waals surface area contributed by atoms with Gasteiger partial charge in [-0.2, -0.15) is 13.2 Å². The van der Waals surface area contributed by atoms with Crippen LogP contribution >= 0.6 is 0 Å². The number of Topliss-reactive ketones (excluding diaryl/α,β-unsaturated/α-hetero) is 4. The number of aliphatic hydroxyl groups is 2. The number of nitrogens with one attached hydrogen (secondary N) is 3. The highest BCUT2D eigenvalue weighted by Gasteiger charge is 2.51. The van der Waals surface area contributed by atoms with Gasteiger partial charge in [-0.15, -0.1) is 0 Å². The molecule has 2 saturated heterocycles. The van der Waals surface area contributed by atoms with E-state index >= 15 is 8.78 Å². The number of carbonyl (C=O) groups is 8. The highest BCUT2D eigenvalue weighted by molar-refractivity contribution is 6.10. The molecule has 0 saturated carbocycles. The van der Waals surface area contributed by atoms with Gasteiger partial charge in [0.25, 0.3) is 5.92 Å². The lowest BCUT2D eigenvalue weighted by Gasteiger charge is -2.40. The fourth-order valence-corrected chi connectivity index (χ4v) is 12.8. The number of amides is 3. The molecule has 0 bridgehead atoms. The second-order valence-corrected chi connectivity index (χ2v) is 28.9. The lowest BCUT2D eigenvalue weighted by Crippen LogP contribution is -2.58. The summed E-state index contributed by atoms with van der Waals surface area (Å²) in [6.07, 6.45) is 3.73. The monoisotopic (exact) mass is 1350 g/mol. The fraction of sp³-hybridized carbons (Fsp3) is 0.630. The standard InChI is InChI=1S/C73H99F6N5O12/c1-40(2)24-56(80-69(92)45(11)27-48(86)30-62(89)57(25-41(3)4)81-70(93)50(43(7)8)33-63(90)68(44(9)10)82-66(91)26-42(5)6)61(88)29-47(85)20-18-16-14-12-13-15-17-19-21-60(87)46-22-23-49(71(94)95)51(28-46)67-52-31-54(74)58(83-36-72(76,77)37-83)34-64(52)96-65-35-59(55(75)32-53(65)67)84-38-73(78,79)39-84/h22-23,28,31-32,34-35,40-45,50,56-57,61-62,68,88-89H,12-21,24-27,29-30,33,36-39H2,1-11H3,(H3-,80,81,82,91,92,93,94,95)/p+1/t45-,50+,56-,57+,61+,62+,68?/m1/s1. The van der Waals surface area contributed by atoms with Gasteiger partial charge in [0, 0.05) is 84.9 Å². The number of carboxylic acid groups (broad SMARTS) is 1. The molecule has 96 heavy (non-hydrogen) atoms. The third kappa shape index (κ3) is 22.0. The zero-order valence-corrected chi connectivity index (χ0v) is 57.5. The smallest absolute Gasteiger partial charge is 0.361 e. The van der Waals surface area contributed by atoms with Crippen molar-refractivity contribution in [2.45, 2.75) is 227 Å². The maximum absolute atomic E-state index is 15.9. The number of hydrogen-bond acceptors (Lipinski definition) is 12. The van der Waals surface area contributed by atoms with Crippen LogP contribution in [0.25, 0.3) is 33.4 Å². The molecule has 0 radical (unpaired) electrons. The molecular formula is C73H100F6N5O12+. The van der Waals surface area contributed by atoms with Crippen LogP contribution in [0.5, 0.6) is 0 Å². The number of ketones is 4. The van der Waals surface area contributed by atoms with E-state index in [-0.39, 0.29) is 153 Å². The number of alkyl halides is 4. The molecule has 530 valence electrons. The minimum absolute atomic E-state index is 0.00684. The molecule has 1 aliphatic carbocycles. The summed E-state index contributed by atoms with van der Waals surface area (Å²) >= 11 is 0. The average molecular weight is 1350 g/mol. The molecule has 0 spiro atoms. The predicted octanol–water partition coefficient (Wildman–Crippen LogP) is 12.3. The minimum atomic E-state index is -3.06. The van der Waals surface area contributed by atoms with Crippen molar-refractivity contribution < 1.29 is 84.4 Å². The van der Waals surface area contributed by atoms with Gasteiger partial charge in [0.15, 0.2) is 17.4 Å². The first-order valence-electron chi connectivity index (χ1n) is 34.2. The summed E-state index contributed by atoms with van der Waals surface area (Å²) in [5.41, 5.74) is -0.685. The molecule has 23 heteroatoms. The number of hydrogen-bond donors (Lipinski definition) is 6. The van der Waals surface area contributed by atoms with Crippen molar-refractivity contribution in [3.05, 3.63) is 70.6 Å². The van der Waals surface area contributed by atoms with Crippen LogP contribution in [0.1, 0.15) is 206 Å². The SMILES string of the molecule is CC(C)CC(=O)NC(C(=O)C[C@H](C(=O)N[C@@H](CC(C)C)[C@@H](O)CC(=O)C[C@@H](C)C(=O)N[C@H](CC(C)C)[C@@H](O)CC(=O)CCCCCCCCCCC(=O)c1ccc(C(=O)O)c(-c2c3cc(F)c(=[N+]4CC(F)(F)C4)cc-3oc3cc(N4CC(F)(F)C4)c(F)cc23)c1)C(C)C)C(C)C. The lowest BCUT2D eigenvalue weighted by atomic mass is 9.85. The normalized spacial score (nSPS) is 16.7. The van der Waals surface area contributed by atoms with Gasteiger partial charge in [0.1, 0.15) is 28.7 Å². The number of aliphatic hydroxyl groups excluding tert-OH is 2. The molecule has 3 aliphatic heterocycles. The van der Waals surface area contributed by atoms with Gasteiger partial charge < -0.3 is 40.6 Å². The van der Waals surface area contributed by atoms with Crippen LogP contribution in [0.2, 0.25) is 0 Å². The Morgan fingerprint density at radius 1 is 0.594 bits per heavy atom. The molecule has 6 N–H and O–H groups in total. The van der Waals surface area contributed by atoms with E-state index < -0.39 is 115 Å². The van der Waals surface area contributed by atoms with Crippen LogP contribution in [0.15, 0.2) is 46.9 Å². The topological polar surface area (TPSA) is 253 Å². The average Bonchev–Trinajstić information content (AvgIpc) is 0.728. The molecule has 4 aliphatic rings. The van der Waals surface area contributed by atoms with E-state index in [1.807, 2.05) is 69.2 Å². The highest BCUT2D eigenvalue weighted by Crippen LogP contribution is 2.45. The number of anilines is 1. The summed E-state index contributed by atoms with van der Waals surface area (Å²) in [6.45, 7) is 17.2. The number of carboxylic acids is 1. The van der Waals surface area contributed by atoms with E-state index in [0.29, 0.717) is 32.1 Å². The summed E-state index contributed by atoms with van der Waals surface area (Å²) < 4.78 is 94.7. The van der Waals surface area contributed by atoms with Crippen molar-refractivity contribution in [2.75, 3.05) is 31.1 Å². The minimum Gasteiger partial charge on any atom is -0.478 e. The van der Waals surface area contributed by atoms with E-state index in [1.54, 1.807) is 6.92 Å². The number of aromatic carboxylic acids is 1. The summed E-state index contributed by atoms with van der Waals surface area (Å²) in [5.74, 6) is -13.9. The molecule has 2 fully saturated rings. The summed E-state index contributed by atoms with van der Waals surface area (Å²) in [5, 5.41) is 41.5. The molecule has 7 atom stereocenters. The van der Waals surface area contributed by atoms with Crippen molar-refractivity contribution in [3.8, 4) is 22.5 Å².